The van der Waals surface area contributed by atoms with Crippen molar-refractivity contribution in [3.63, 3.8) is 0 Å². The summed E-state index contributed by atoms with van der Waals surface area (Å²) in [6.45, 7) is 1.74. The zero-order valence-corrected chi connectivity index (χ0v) is 14.4. The first-order valence-electron chi connectivity index (χ1n) is 8.26. The SMILES string of the molecule is O=C(NCCC(=O)N1CCc2sccc2C1)c1n[nH]c2ccccc12. The Morgan fingerprint density at radius 3 is 3.08 bits per heavy atom. The van der Waals surface area contributed by atoms with E-state index in [0.29, 0.717) is 25.2 Å². The molecule has 25 heavy (non-hydrogen) atoms. The number of carbonyl (C=O) groups is 2. The zero-order valence-electron chi connectivity index (χ0n) is 13.6. The highest BCUT2D eigenvalue weighted by atomic mass is 32.1. The number of rotatable bonds is 4. The van der Waals surface area contributed by atoms with Gasteiger partial charge in [0.25, 0.3) is 5.91 Å². The number of fused-ring (bicyclic) bond motifs is 2. The minimum absolute atomic E-state index is 0.0732. The summed E-state index contributed by atoms with van der Waals surface area (Å²) in [4.78, 5) is 27.9. The molecule has 2 aromatic heterocycles. The molecule has 0 bridgehead atoms. The highest BCUT2D eigenvalue weighted by Crippen LogP contribution is 2.24. The predicted molar refractivity (Wildman–Crippen MR) is 96.5 cm³/mol. The van der Waals surface area contributed by atoms with Gasteiger partial charge < -0.3 is 10.2 Å². The highest BCUT2D eigenvalue weighted by Gasteiger charge is 2.21. The van der Waals surface area contributed by atoms with Crippen LogP contribution in [-0.2, 0) is 17.8 Å². The van der Waals surface area contributed by atoms with E-state index in [4.69, 9.17) is 0 Å². The fourth-order valence-electron chi connectivity index (χ4n) is 3.12. The van der Waals surface area contributed by atoms with Crippen molar-refractivity contribution >= 4 is 34.1 Å². The number of amides is 2. The van der Waals surface area contributed by atoms with Crippen LogP contribution in [0.1, 0.15) is 27.3 Å². The highest BCUT2D eigenvalue weighted by molar-refractivity contribution is 7.10. The van der Waals surface area contributed by atoms with E-state index < -0.39 is 0 Å². The van der Waals surface area contributed by atoms with E-state index in [1.165, 1.54) is 10.4 Å². The Morgan fingerprint density at radius 2 is 2.16 bits per heavy atom. The number of para-hydroxylation sites is 1. The average Bonchev–Trinajstić information content (AvgIpc) is 3.27. The molecule has 6 nitrogen and oxygen atoms in total. The smallest absolute Gasteiger partial charge is 0.272 e. The third-order valence-corrected chi connectivity index (χ3v) is 5.49. The van der Waals surface area contributed by atoms with Gasteiger partial charge in [0.2, 0.25) is 5.91 Å². The zero-order chi connectivity index (χ0) is 17.2. The first-order chi connectivity index (χ1) is 12.2. The molecule has 1 aliphatic rings. The molecule has 3 aromatic rings. The van der Waals surface area contributed by atoms with Crippen LogP contribution < -0.4 is 5.32 Å². The van der Waals surface area contributed by atoms with Gasteiger partial charge in [-0.2, -0.15) is 5.10 Å². The minimum Gasteiger partial charge on any atom is -0.350 e. The number of hydrogen-bond donors (Lipinski definition) is 2. The number of carbonyl (C=O) groups excluding carboxylic acids is 2. The number of thiophene rings is 1. The van der Waals surface area contributed by atoms with Crippen molar-refractivity contribution in [1.29, 1.82) is 0 Å². The molecule has 0 radical (unpaired) electrons. The van der Waals surface area contributed by atoms with Gasteiger partial charge in [0.15, 0.2) is 5.69 Å². The van der Waals surface area contributed by atoms with Crippen LogP contribution in [0.25, 0.3) is 10.9 Å². The van der Waals surface area contributed by atoms with E-state index in [0.717, 1.165) is 23.9 Å². The molecule has 128 valence electrons. The Kier molecular flexibility index (Phi) is 4.23. The van der Waals surface area contributed by atoms with Crippen molar-refractivity contribution in [3.8, 4) is 0 Å². The number of aromatic nitrogens is 2. The van der Waals surface area contributed by atoms with Crippen LogP contribution in [-0.4, -0.2) is 40.0 Å². The molecule has 0 fully saturated rings. The second-order valence-electron chi connectivity index (χ2n) is 6.06. The molecule has 0 saturated heterocycles. The maximum absolute atomic E-state index is 12.4. The van der Waals surface area contributed by atoms with E-state index in [9.17, 15) is 9.59 Å². The summed E-state index contributed by atoms with van der Waals surface area (Å²) in [6.07, 6.45) is 1.22. The minimum atomic E-state index is -0.260. The molecule has 1 aliphatic heterocycles. The molecule has 0 unspecified atom stereocenters. The number of hydrogen-bond acceptors (Lipinski definition) is 4. The van der Waals surface area contributed by atoms with E-state index >= 15 is 0 Å². The van der Waals surface area contributed by atoms with E-state index in [2.05, 4.69) is 27.0 Å². The quantitative estimate of drug-likeness (QED) is 0.755. The monoisotopic (exact) mass is 354 g/mol. The first-order valence-corrected chi connectivity index (χ1v) is 9.14. The second kappa shape index (κ2) is 6.68. The fourth-order valence-corrected chi connectivity index (χ4v) is 4.01. The van der Waals surface area contributed by atoms with Gasteiger partial charge in [0.05, 0.1) is 5.52 Å². The Hall–Kier alpha value is -2.67. The van der Waals surface area contributed by atoms with Crippen molar-refractivity contribution < 1.29 is 9.59 Å². The number of H-pyrrole nitrogens is 1. The summed E-state index contributed by atoms with van der Waals surface area (Å²) in [5.41, 5.74) is 2.43. The van der Waals surface area contributed by atoms with E-state index in [1.807, 2.05) is 29.2 Å². The third kappa shape index (κ3) is 3.15. The standard InChI is InChI=1S/C18H18N4O2S/c23-16(22-9-6-15-12(11-22)7-10-25-15)5-8-19-18(24)17-13-3-1-2-4-14(13)20-21-17/h1-4,7,10H,5-6,8-9,11H2,(H,19,24)(H,20,21). The van der Waals surface area contributed by atoms with E-state index in [1.54, 1.807) is 11.3 Å². The van der Waals surface area contributed by atoms with Gasteiger partial charge in [0, 0.05) is 36.3 Å². The van der Waals surface area contributed by atoms with Gasteiger partial charge in [-0.3, -0.25) is 14.7 Å². The third-order valence-electron chi connectivity index (χ3n) is 4.47. The molecule has 0 atom stereocenters. The van der Waals surface area contributed by atoms with Crippen LogP contribution in [0, 0.1) is 0 Å². The molecule has 2 N–H and O–H groups in total. The summed E-state index contributed by atoms with van der Waals surface area (Å²) in [5, 5.41) is 12.6. The Labute approximate surface area is 148 Å². The molecule has 1 aromatic carbocycles. The van der Waals surface area contributed by atoms with Gasteiger partial charge in [-0.1, -0.05) is 18.2 Å². The van der Waals surface area contributed by atoms with Crippen molar-refractivity contribution in [2.75, 3.05) is 13.1 Å². The Bertz CT molecular complexity index is 930. The number of aromatic amines is 1. The average molecular weight is 354 g/mol. The number of benzene rings is 1. The van der Waals surface area contributed by atoms with Gasteiger partial charge in [0.1, 0.15) is 0 Å². The van der Waals surface area contributed by atoms with Gasteiger partial charge in [-0.05, 0) is 29.5 Å². The Balaban J connectivity index is 1.32. The molecule has 4 rings (SSSR count). The fraction of sp³-hybridized carbons (Fsp3) is 0.278. The Morgan fingerprint density at radius 1 is 1.28 bits per heavy atom. The lowest BCUT2D eigenvalue weighted by atomic mass is 10.1. The number of nitrogens with one attached hydrogen (secondary N) is 2. The molecule has 0 aliphatic carbocycles. The van der Waals surface area contributed by atoms with Gasteiger partial charge in [-0.15, -0.1) is 11.3 Å². The van der Waals surface area contributed by atoms with Gasteiger partial charge >= 0.3 is 0 Å². The molecular formula is C18H18N4O2S. The van der Waals surface area contributed by atoms with Crippen molar-refractivity contribution in [2.24, 2.45) is 0 Å². The van der Waals surface area contributed by atoms with Crippen molar-refractivity contribution in [1.82, 2.24) is 20.4 Å². The van der Waals surface area contributed by atoms with Crippen molar-refractivity contribution in [2.45, 2.75) is 19.4 Å². The van der Waals surface area contributed by atoms with Crippen LogP contribution in [0.2, 0.25) is 0 Å². The molecular weight excluding hydrogens is 336 g/mol. The lowest BCUT2D eigenvalue weighted by Crippen LogP contribution is -2.37. The second-order valence-corrected chi connectivity index (χ2v) is 7.06. The summed E-state index contributed by atoms with van der Waals surface area (Å²) in [6, 6.07) is 9.57. The predicted octanol–water partition coefficient (Wildman–Crippen LogP) is 2.33. The molecule has 0 spiro atoms. The van der Waals surface area contributed by atoms with Crippen LogP contribution >= 0.6 is 11.3 Å². The summed E-state index contributed by atoms with van der Waals surface area (Å²) >= 11 is 1.76. The summed E-state index contributed by atoms with van der Waals surface area (Å²) in [5.74, 6) is -0.187. The van der Waals surface area contributed by atoms with Crippen LogP contribution in [0.3, 0.4) is 0 Å². The summed E-state index contributed by atoms with van der Waals surface area (Å²) in [7, 11) is 0. The van der Waals surface area contributed by atoms with Crippen LogP contribution in [0.5, 0.6) is 0 Å². The largest absolute Gasteiger partial charge is 0.350 e. The number of nitrogens with zero attached hydrogens (tertiary/aromatic N) is 2. The lowest BCUT2D eigenvalue weighted by molar-refractivity contribution is -0.131. The van der Waals surface area contributed by atoms with Crippen LogP contribution in [0.15, 0.2) is 35.7 Å². The topological polar surface area (TPSA) is 78.1 Å². The first kappa shape index (κ1) is 15.8. The maximum atomic E-state index is 12.4. The van der Waals surface area contributed by atoms with Crippen molar-refractivity contribution in [3.05, 3.63) is 51.8 Å². The van der Waals surface area contributed by atoms with Crippen LogP contribution in [0.4, 0.5) is 0 Å². The maximum Gasteiger partial charge on any atom is 0.272 e. The van der Waals surface area contributed by atoms with Gasteiger partial charge in [-0.25, -0.2) is 0 Å². The lowest BCUT2D eigenvalue weighted by Gasteiger charge is -2.27. The van der Waals surface area contributed by atoms with E-state index in [-0.39, 0.29) is 11.8 Å². The molecule has 2 amide bonds. The molecule has 3 heterocycles. The molecule has 7 heteroatoms. The molecule has 0 saturated carbocycles. The normalized spacial score (nSPS) is 13.7. The summed E-state index contributed by atoms with van der Waals surface area (Å²) < 4.78 is 0.